The van der Waals surface area contributed by atoms with Crippen LogP contribution in [0.15, 0.2) is 218 Å². The molecule has 0 spiro atoms. The molecule has 0 nitrogen and oxygen atoms in total. The van der Waals surface area contributed by atoms with E-state index in [0.29, 0.717) is 0 Å². The van der Waals surface area contributed by atoms with E-state index in [-0.39, 0.29) is 24.8 Å². The molecule has 0 unspecified atom stereocenters. The molecule has 0 bridgehead atoms. The molecule has 0 fully saturated rings. The zero-order valence-electron chi connectivity index (χ0n) is 30.8. The fourth-order valence-corrected chi connectivity index (χ4v) is 6.48. The van der Waals surface area contributed by atoms with Crippen molar-refractivity contribution in [2.24, 2.45) is 0 Å². The van der Waals surface area contributed by atoms with Crippen LogP contribution >= 0.6 is 0 Å². The van der Waals surface area contributed by atoms with Crippen LogP contribution in [0.1, 0.15) is 13.3 Å². The van der Waals surface area contributed by atoms with Crippen molar-refractivity contribution in [2.45, 2.75) is 13.3 Å². The van der Waals surface area contributed by atoms with Crippen LogP contribution in [-0.2, 0) is 24.2 Å². The van der Waals surface area contributed by atoms with E-state index in [1.165, 1.54) is 89.6 Å². The van der Waals surface area contributed by atoms with Crippen molar-refractivity contribution in [1.29, 1.82) is 0 Å². The largest absolute Gasteiger partial charge is 1.00 e. The van der Waals surface area contributed by atoms with Crippen molar-refractivity contribution in [2.75, 3.05) is 0 Å². The zero-order valence-corrected chi connectivity index (χ0v) is 34.8. The first-order chi connectivity index (χ1) is 26.3. The van der Waals surface area contributed by atoms with Crippen LogP contribution in [-0.4, -0.2) is 3.71 Å². The normalized spacial score (nSPS) is 10.6. The summed E-state index contributed by atoms with van der Waals surface area (Å²) in [6.07, 6.45) is 10.0. The van der Waals surface area contributed by atoms with E-state index in [2.05, 4.69) is 192 Å². The summed E-state index contributed by atoms with van der Waals surface area (Å²) in [5.74, 6) is 0. The molecule has 0 aliphatic heterocycles. The topological polar surface area (TPSA) is 0 Å². The van der Waals surface area contributed by atoms with E-state index in [0.717, 1.165) is 6.42 Å². The molecule has 0 saturated heterocycles. The number of benzene rings is 8. The first-order valence-corrected chi connectivity index (χ1v) is 19.5. The zero-order chi connectivity index (χ0) is 36.5. The smallest absolute Gasteiger partial charge is 0.0184 e. The molecule has 10 rings (SSSR count). The molecule has 0 heterocycles. The minimum atomic E-state index is 0. The van der Waals surface area contributed by atoms with Crippen molar-refractivity contribution in [3.8, 4) is 22.3 Å². The molecule has 55 heavy (non-hydrogen) atoms. The third-order valence-corrected chi connectivity index (χ3v) is 8.85. The molecule has 1 aliphatic carbocycles. The summed E-state index contributed by atoms with van der Waals surface area (Å²) in [6, 6.07) is 70.1. The van der Waals surface area contributed by atoms with Gasteiger partial charge >= 0.3 is 34.9 Å². The second-order valence-corrected chi connectivity index (χ2v) is 13.8. The predicted molar refractivity (Wildman–Crippen MR) is 229 cm³/mol. The average molecular weight is 829 g/mol. The maximum Gasteiger partial charge on any atom is -0.0184 e. The van der Waals surface area contributed by atoms with E-state index in [4.69, 9.17) is 0 Å². The second-order valence-electron chi connectivity index (χ2n) is 12.4. The van der Waals surface area contributed by atoms with Crippen molar-refractivity contribution in [1.82, 2.24) is 0 Å². The van der Waals surface area contributed by atoms with Crippen LogP contribution in [0.2, 0.25) is 0 Å². The minimum Gasteiger partial charge on any atom is -1.00 e. The van der Waals surface area contributed by atoms with Crippen LogP contribution < -0.4 is 24.8 Å². The maximum atomic E-state index is 2.99. The monoisotopic (exact) mass is 826 g/mol. The van der Waals surface area contributed by atoms with Gasteiger partial charge in [-0.05, 0) is 33.0 Å². The SMILES string of the molecule is C[CH]=[Zr+2].[C-]1=CC=CC1.[Cl-].[Cl-].c1ccc(-c2ccccc2)cc1.c1ccc(-c2ccccc2)cc1.c1ccc2c(c1)[cH-]c1c3ccccc3c3ccccc3c21. The fraction of sp³-hybridized carbons (Fsp3) is 0.0385. The molecule has 3 heteroatoms. The Labute approximate surface area is 353 Å². The van der Waals surface area contributed by atoms with E-state index in [1.54, 1.807) is 0 Å². The van der Waals surface area contributed by atoms with Gasteiger partial charge in [-0.2, -0.15) is 6.08 Å². The molecule has 0 aromatic heterocycles. The Morgan fingerprint density at radius 2 is 0.800 bits per heavy atom. The van der Waals surface area contributed by atoms with E-state index < -0.39 is 0 Å². The van der Waals surface area contributed by atoms with Crippen molar-refractivity contribution in [3.05, 3.63) is 224 Å². The molecular weight excluding hydrogens is 787 g/mol. The van der Waals surface area contributed by atoms with Crippen LogP contribution in [0, 0.1) is 6.08 Å². The van der Waals surface area contributed by atoms with Crippen molar-refractivity contribution in [3.63, 3.8) is 0 Å². The minimum absolute atomic E-state index is 0. The summed E-state index contributed by atoms with van der Waals surface area (Å²) < 4.78 is 2.09. The second kappa shape index (κ2) is 23.0. The Balaban J connectivity index is 0.000000171. The summed E-state index contributed by atoms with van der Waals surface area (Å²) in [5, 5.41) is 10.8. The van der Waals surface area contributed by atoms with Gasteiger partial charge in [0.15, 0.2) is 0 Å². The first-order valence-electron chi connectivity index (χ1n) is 18.0. The van der Waals surface area contributed by atoms with Gasteiger partial charge in [-0.3, -0.25) is 6.08 Å². The number of hydrogen-bond acceptors (Lipinski definition) is 0. The molecule has 0 N–H and O–H groups in total. The molecule has 0 atom stereocenters. The number of halogens is 2. The van der Waals surface area contributed by atoms with Crippen LogP contribution in [0.3, 0.4) is 0 Å². The Hall–Kier alpha value is -5.04. The summed E-state index contributed by atoms with van der Waals surface area (Å²) >= 11 is 1.51. The van der Waals surface area contributed by atoms with Crippen LogP contribution in [0.25, 0.3) is 65.3 Å². The van der Waals surface area contributed by atoms with Gasteiger partial charge in [0, 0.05) is 0 Å². The number of hydrogen-bond donors (Lipinski definition) is 0. The summed E-state index contributed by atoms with van der Waals surface area (Å²) in [4.78, 5) is 0. The third kappa shape index (κ3) is 11.5. The predicted octanol–water partition coefficient (Wildman–Crippen LogP) is 8.39. The van der Waals surface area contributed by atoms with Gasteiger partial charge in [0.2, 0.25) is 0 Å². The summed E-state index contributed by atoms with van der Waals surface area (Å²) in [7, 11) is 0. The van der Waals surface area contributed by atoms with Gasteiger partial charge in [-0.25, -0.2) is 12.2 Å². The molecule has 1 aliphatic rings. The molecule has 0 radical (unpaired) electrons. The van der Waals surface area contributed by atoms with Crippen molar-refractivity contribution < 1.29 is 49.0 Å². The van der Waals surface area contributed by atoms with Gasteiger partial charge in [0.1, 0.15) is 0 Å². The van der Waals surface area contributed by atoms with E-state index in [9.17, 15) is 0 Å². The fourth-order valence-electron chi connectivity index (χ4n) is 6.48. The Morgan fingerprint density at radius 3 is 1.18 bits per heavy atom. The Bertz CT molecular complexity index is 2380. The summed E-state index contributed by atoms with van der Waals surface area (Å²) in [5.41, 5.74) is 5.10. The molecule has 0 amide bonds. The summed E-state index contributed by atoms with van der Waals surface area (Å²) in [6.45, 7) is 2.04. The number of allylic oxidation sites excluding steroid dienone is 4. The average Bonchev–Trinajstić information content (AvgIpc) is 3.96. The molecule has 0 saturated carbocycles. The van der Waals surface area contributed by atoms with Gasteiger partial charge < -0.3 is 24.8 Å². The molecule has 9 aromatic carbocycles. The van der Waals surface area contributed by atoms with E-state index in [1.807, 2.05) is 43.3 Å². The van der Waals surface area contributed by atoms with Gasteiger partial charge in [0.05, 0.1) is 0 Å². The van der Waals surface area contributed by atoms with Gasteiger partial charge in [0.25, 0.3) is 0 Å². The maximum absolute atomic E-state index is 2.99. The quantitative estimate of drug-likeness (QED) is 0.121. The van der Waals surface area contributed by atoms with Gasteiger partial charge in [-0.1, -0.05) is 199 Å². The molecule has 270 valence electrons. The first kappa shape index (κ1) is 42.7. The molecule has 9 aromatic rings. The van der Waals surface area contributed by atoms with Crippen LogP contribution in [0.5, 0.6) is 0 Å². The Kier molecular flexibility index (Phi) is 17.9. The third-order valence-electron chi connectivity index (χ3n) is 8.85. The van der Waals surface area contributed by atoms with Crippen LogP contribution in [0.4, 0.5) is 0 Å². The molecular formula is C52H42Cl2Zr-2. The van der Waals surface area contributed by atoms with Gasteiger partial charge in [-0.15, -0.1) is 40.1 Å². The van der Waals surface area contributed by atoms with E-state index >= 15 is 0 Å². The standard InChI is InChI=1S/C21H13.2C12H10.C5H5.C2H4.2ClH.Zr/c1-2-8-15-14(7-1)13-20-18-11-4-3-9-16(18)17-10-5-6-12-19(17)21(15)20;2*1-3-7-11(8-4-1)12-9-5-2-6-10-12;1-2-4-5-3-1;1-2;;;/h1-13H;2*1-10H;1-3H,4H2;1H,2H3;2*1H;/q-1;;;-1;;;;+2/p-2. The number of rotatable bonds is 2. The number of fused-ring (bicyclic) bond motifs is 8. The Morgan fingerprint density at radius 1 is 0.455 bits per heavy atom. The van der Waals surface area contributed by atoms with Crippen molar-refractivity contribution >= 4 is 46.8 Å².